The summed E-state index contributed by atoms with van der Waals surface area (Å²) in [7, 11) is 2.83. The van der Waals surface area contributed by atoms with Gasteiger partial charge in [-0.05, 0) is 37.1 Å². The van der Waals surface area contributed by atoms with E-state index in [4.69, 9.17) is 19.3 Å². The third-order valence-corrected chi connectivity index (χ3v) is 6.27. The number of ether oxygens (including phenoxy) is 2. The Balaban J connectivity index is 1.72. The maximum atomic E-state index is 12.9. The number of nitrogens with one attached hydrogen (secondary N) is 1. The summed E-state index contributed by atoms with van der Waals surface area (Å²) in [4.78, 5) is 17.3. The van der Waals surface area contributed by atoms with E-state index in [-0.39, 0.29) is 13.2 Å². The molecule has 0 aliphatic heterocycles. The van der Waals surface area contributed by atoms with Crippen LogP contribution < -0.4 is 9.84 Å². The van der Waals surface area contributed by atoms with Crippen molar-refractivity contribution in [1.82, 2.24) is 19.6 Å². The Labute approximate surface area is 229 Å². The summed E-state index contributed by atoms with van der Waals surface area (Å²) in [6, 6.07) is 7.47. The van der Waals surface area contributed by atoms with Gasteiger partial charge in [0.25, 0.3) is 0 Å². The first kappa shape index (κ1) is 30.0. The van der Waals surface area contributed by atoms with E-state index in [1.54, 1.807) is 31.1 Å². The number of hydrogen-bond acceptors (Lipinski definition) is 9. The highest BCUT2D eigenvalue weighted by atomic mass is 31.1. The Hall–Kier alpha value is -3.57. The zero-order valence-electron chi connectivity index (χ0n) is 23.0. The van der Waals surface area contributed by atoms with Crippen LogP contribution in [0.2, 0.25) is 0 Å². The molecule has 1 aromatic carbocycles. The number of rotatable bonds is 13. The number of anilines is 1. The standard InChI is InChI=1S/C26H35N6O6P/c1-8-27-25(20-13-19(15-35-7)30-31(20)6)29-22-9-10-28-32(22)16-36-23(33)14-26(4,5)24-18(3)11-17(2)12-21(24)37-39-38-34/h8-13,34,39H,1,14-16H2,2-7H3,(H,27,29). The van der Waals surface area contributed by atoms with Gasteiger partial charge in [-0.25, -0.2) is 14.9 Å². The zero-order chi connectivity index (χ0) is 28.6. The lowest BCUT2D eigenvalue weighted by Crippen LogP contribution is -2.26. The Morgan fingerprint density at radius 1 is 1.31 bits per heavy atom. The molecule has 0 saturated carbocycles. The highest BCUT2D eigenvalue weighted by Gasteiger charge is 2.31. The van der Waals surface area contributed by atoms with Crippen LogP contribution in [0.3, 0.4) is 0 Å². The van der Waals surface area contributed by atoms with Gasteiger partial charge in [0, 0.05) is 37.4 Å². The number of carbonyl (C=O) groups is 1. The molecule has 0 bridgehead atoms. The smallest absolute Gasteiger partial charge is 0.308 e. The Kier molecular flexibility index (Phi) is 10.4. The Bertz CT molecular complexity index is 1330. The lowest BCUT2D eigenvalue weighted by molar-refractivity contribution is -0.149. The number of hydrogen-bond donors (Lipinski definition) is 2. The van der Waals surface area contributed by atoms with E-state index in [2.05, 4.69) is 31.8 Å². The molecule has 1 unspecified atom stereocenters. The maximum absolute atomic E-state index is 12.9. The molecule has 0 spiro atoms. The van der Waals surface area contributed by atoms with Crippen LogP contribution in [0, 0.1) is 13.8 Å². The minimum Gasteiger partial charge on any atom is -0.447 e. The second kappa shape index (κ2) is 13.5. The average Bonchev–Trinajstić information content (AvgIpc) is 3.45. The van der Waals surface area contributed by atoms with Crippen molar-refractivity contribution in [3.8, 4) is 5.75 Å². The first-order chi connectivity index (χ1) is 18.6. The molecule has 0 aliphatic carbocycles. The molecule has 39 heavy (non-hydrogen) atoms. The molecular weight excluding hydrogens is 523 g/mol. The van der Waals surface area contributed by atoms with Crippen LogP contribution in [0.1, 0.15) is 48.3 Å². The maximum Gasteiger partial charge on any atom is 0.308 e. The summed E-state index contributed by atoms with van der Waals surface area (Å²) in [6.45, 7) is 11.7. The van der Waals surface area contributed by atoms with E-state index < -0.39 is 20.4 Å². The van der Waals surface area contributed by atoms with Gasteiger partial charge in [0.15, 0.2) is 12.6 Å². The molecule has 210 valence electrons. The zero-order valence-corrected chi connectivity index (χ0v) is 24.0. The monoisotopic (exact) mass is 558 g/mol. The molecule has 0 amide bonds. The Morgan fingerprint density at radius 2 is 2.08 bits per heavy atom. The fraction of sp³-hybridized carbons (Fsp3) is 0.385. The SMILES string of the molecule is C=CN=C(Nc1ccnn1COC(=O)CC(C)(C)c1c(C)cc(C)cc1OPOO)c1cc(COC)nn1C. The van der Waals surface area contributed by atoms with E-state index in [9.17, 15) is 4.79 Å². The lowest BCUT2D eigenvalue weighted by atomic mass is 9.78. The predicted molar refractivity (Wildman–Crippen MR) is 149 cm³/mol. The van der Waals surface area contributed by atoms with Crippen LogP contribution in [0.25, 0.3) is 0 Å². The predicted octanol–water partition coefficient (Wildman–Crippen LogP) is 4.63. The number of nitrogens with zero attached hydrogens (tertiary/aromatic N) is 5. The van der Waals surface area contributed by atoms with Gasteiger partial charge >= 0.3 is 5.97 Å². The van der Waals surface area contributed by atoms with Gasteiger partial charge in [-0.15, -0.1) is 0 Å². The third-order valence-electron chi connectivity index (χ3n) is 5.89. The van der Waals surface area contributed by atoms with Crippen LogP contribution in [0.5, 0.6) is 5.75 Å². The van der Waals surface area contributed by atoms with Crippen molar-refractivity contribution in [2.45, 2.75) is 52.9 Å². The molecular formula is C26H35N6O6P. The minimum atomic E-state index is -0.626. The van der Waals surface area contributed by atoms with Crippen molar-refractivity contribution < 1.29 is 28.7 Å². The van der Waals surface area contributed by atoms with Crippen LogP contribution >= 0.6 is 9.03 Å². The van der Waals surface area contributed by atoms with Crippen LogP contribution in [-0.4, -0.2) is 43.7 Å². The molecule has 13 heteroatoms. The summed E-state index contributed by atoms with van der Waals surface area (Å²) < 4.78 is 23.7. The summed E-state index contributed by atoms with van der Waals surface area (Å²) in [5, 5.41) is 20.7. The minimum absolute atomic E-state index is 0.0842. The molecule has 0 saturated heterocycles. The summed E-state index contributed by atoms with van der Waals surface area (Å²) in [5.74, 6) is 1.19. The van der Waals surface area contributed by atoms with Gasteiger partial charge in [-0.3, -0.25) is 9.48 Å². The number of esters is 1. The fourth-order valence-corrected chi connectivity index (χ4v) is 4.74. The van der Waals surface area contributed by atoms with Crippen molar-refractivity contribution in [3.05, 3.63) is 71.3 Å². The van der Waals surface area contributed by atoms with E-state index in [0.29, 0.717) is 29.7 Å². The second-order valence-electron chi connectivity index (χ2n) is 9.52. The van der Waals surface area contributed by atoms with Gasteiger partial charge in [-0.1, -0.05) is 26.5 Å². The summed E-state index contributed by atoms with van der Waals surface area (Å²) >= 11 is 0. The fourth-order valence-electron chi connectivity index (χ4n) is 4.46. The van der Waals surface area contributed by atoms with E-state index in [1.165, 1.54) is 10.9 Å². The van der Waals surface area contributed by atoms with Crippen LogP contribution in [-0.2, 0) is 44.7 Å². The number of carbonyl (C=O) groups excluding carboxylic acids is 1. The molecule has 3 rings (SSSR count). The largest absolute Gasteiger partial charge is 0.447 e. The average molecular weight is 559 g/mol. The topological polar surface area (TPSA) is 134 Å². The van der Waals surface area contributed by atoms with E-state index >= 15 is 0 Å². The lowest BCUT2D eigenvalue weighted by Gasteiger charge is -2.28. The van der Waals surface area contributed by atoms with Gasteiger partial charge in [0.2, 0.25) is 9.03 Å². The van der Waals surface area contributed by atoms with Crippen LogP contribution in [0.4, 0.5) is 5.82 Å². The molecule has 0 fully saturated rings. The molecule has 0 radical (unpaired) electrons. The molecule has 2 N–H and O–H groups in total. The number of aliphatic imine (C=N–C) groups is 1. The first-order valence-electron chi connectivity index (χ1n) is 12.1. The number of aryl methyl sites for hydroxylation is 3. The van der Waals surface area contributed by atoms with Gasteiger partial charge in [0.1, 0.15) is 17.3 Å². The quantitative estimate of drug-likeness (QED) is 0.0769. The van der Waals surface area contributed by atoms with E-state index in [0.717, 1.165) is 22.4 Å². The highest BCUT2D eigenvalue weighted by Crippen LogP contribution is 2.40. The summed E-state index contributed by atoms with van der Waals surface area (Å²) in [5.41, 5.74) is 3.63. The number of methoxy groups -OCH3 is 1. The normalized spacial score (nSPS) is 12.2. The van der Waals surface area contributed by atoms with Crippen LogP contribution in [0.15, 0.2) is 48.2 Å². The highest BCUT2D eigenvalue weighted by molar-refractivity contribution is 7.26. The molecule has 2 aromatic heterocycles. The summed E-state index contributed by atoms with van der Waals surface area (Å²) in [6.07, 6.45) is 3.10. The van der Waals surface area contributed by atoms with Crippen molar-refractivity contribution >= 4 is 26.7 Å². The number of amidine groups is 1. The third kappa shape index (κ3) is 7.73. The molecule has 0 aliphatic rings. The van der Waals surface area contributed by atoms with Gasteiger partial charge in [0.05, 0.1) is 24.9 Å². The van der Waals surface area contributed by atoms with Crippen molar-refractivity contribution in [3.63, 3.8) is 0 Å². The van der Waals surface area contributed by atoms with Crippen molar-refractivity contribution in [2.75, 3.05) is 12.4 Å². The van der Waals surface area contributed by atoms with E-state index in [1.807, 2.05) is 45.9 Å². The molecule has 3 aromatic rings. The van der Waals surface area contributed by atoms with Crippen molar-refractivity contribution in [1.29, 1.82) is 0 Å². The second-order valence-corrected chi connectivity index (χ2v) is 10.1. The van der Waals surface area contributed by atoms with Crippen molar-refractivity contribution in [2.24, 2.45) is 12.0 Å². The number of benzene rings is 1. The molecule has 2 heterocycles. The van der Waals surface area contributed by atoms with Gasteiger partial charge < -0.3 is 19.3 Å². The molecule has 1 atom stereocenters. The first-order valence-corrected chi connectivity index (χ1v) is 12.9. The molecule has 12 nitrogen and oxygen atoms in total. The Morgan fingerprint density at radius 3 is 2.77 bits per heavy atom. The number of aromatic nitrogens is 4. The van der Waals surface area contributed by atoms with Gasteiger partial charge in [-0.2, -0.15) is 14.9 Å².